The van der Waals surface area contributed by atoms with Crippen LogP contribution in [0.2, 0.25) is 0 Å². The smallest absolute Gasteiger partial charge is 0.343 e. The van der Waals surface area contributed by atoms with Crippen molar-refractivity contribution >= 4 is 51.7 Å². The van der Waals surface area contributed by atoms with Crippen molar-refractivity contribution in [2.24, 2.45) is 0 Å². The second-order valence-corrected chi connectivity index (χ2v) is 9.84. The second kappa shape index (κ2) is 13.1. The number of benzene rings is 4. The highest BCUT2D eigenvalue weighted by Crippen LogP contribution is 2.28. The predicted molar refractivity (Wildman–Crippen MR) is 162 cm³/mol. The Morgan fingerprint density at radius 1 is 0.791 bits per heavy atom. The van der Waals surface area contributed by atoms with Crippen molar-refractivity contribution < 1.29 is 24.0 Å². The van der Waals surface area contributed by atoms with Crippen LogP contribution in [0.25, 0.3) is 16.6 Å². The van der Waals surface area contributed by atoms with E-state index in [1.165, 1.54) is 24.3 Å². The van der Waals surface area contributed by atoms with E-state index in [1.807, 2.05) is 0 Å². The summed E-state index contributed by atoms with van der Waals surface area (Å²) in [6.07, 6.45) is 2.85. The van der Waals surface area contributed by atoms with E-state index in [1.54, 1.807) is 91.0 Å². The fraction of sp³-hybridized carbons (Fsp3) is 0. The molecule has 2 N–H and O–H groups in total. The second-order valence-electron chi connectivity index (χ2n) is 8.86. The first-order valence-electron chi connectivity index (χ1n) is 12.7. The molecule has 12 heteroatoms. The van der Waals surface area contributed by atoms with Gasteiger partial charge in [0.15, 0.2) is 0 Å². The van der Waals surface area contributed by atoms with Crippen molar-refractivity contribution in [2.75, 3.05) is 10.6 Å². The molecule has 0 aliphatic rings. The van der Waals surface area contributed by atoms with Gasteiger partial charge in [0.25, 0.3) is 11.6 Å². The number of para-hydroxylation sites is 1. The minimum Gasteiger partial charge on any atom is -0.422 e. The molecule has 0 saturated carbocycles. The fourth-order valence-corrected chi connectivity index (χ4v) is 4.53. The average Bonchev–Trinajstić information content (AvgIpc) is 3.50. The maximum Gasteiger partial charge on any atom is 0.343 e. The molecule has 0 bridgehead atoms. The van der Waals surface area contributed by atoms with Crippen LogP contribution >= 0.6 is 11.3 Å². The Bertz CT molecular complexity index is 1820. The number of aromatic nitrogens is 2. The number of non-ortho nitro benzene ring substituents is 1. The summed E-state index contributed by atoms with van der Waals surface area (Å²) in [7, 11) is 0. The minimum atomic E-state index is -0.508. The maximum atomic E-state index is 12.7. The Balaban J connectivity index is 1.16. The van der Waals surface area contributed by atoms with Gasteiger partial charge >= 0.3 is 5.97 Å². The zero-order valence-electron chi connectivity index (χ0n) is 22.2. The number of amides is 2. The number of nitrogens with one attached hydrogen (secondary N) is 2. The molecule has 0 aliphatic heterocycles. The molecule has 0 aliphatic carbocycles. The van der Waals surface area contributed by atoms with Crippen LogP contribution in [-0.4, -0.2) is 32.9 Å². The van der Waals surface area contributed by atoms with Gasteiger partial charge in [0.2, 0.25) is 11.0 Å². The van der Waals surface area contributed by atoms with Gasteiger partial charge in [-0.3, -0.25) is 25.0 Å². The number of rotatable bonds is 9. The highest BCUT2D eigenvalue weighted by atomic mass is 32.1. The normalized spacial score (nSPS) is 10.7. The number of esters is 1. The summed E-state index contributed by atoms with van der Waals surface area (Å²) in [5.41, 5.74) is 2.34. The molecule has 0 saturated heterocycles. The molecule has 1 heterocycles. The van der Waals surface area contributed by atoms with Crippen LogP contribution in [0.5, 0.6) is 5.75 Å². The maximum absolute atomic E-state index is 12.7. The van der Waals surface area contributed by atoms with Crippen molar-refractivity contribution in [1.29, 1.82) is 0 Å². The molecular formula is C31H21N5O6S. The van der Waals surface area contributed by atoms with Gasteiger partial charge in [0.05, 0.1) is 10.5 Å². The number of carbonyl (C=O) groups excluding carboxylic acids is 3. The Kier molecular flexibility index (Phi) is 8.69. The topological polar surface area (TPSA) is 153 Å². The molecule has 0 radical (unpaired) electrons. The molecule has 5 aromatic rings. The number of carbonyl (C=O) groups is 3. The highest BCUT2D eigenvalue weighted by molar-refractivity contribution is 7.18. The van der Waals surface area contributed by atoms with Crippen molar-refractivity contribution in [2.45, 2.75) is 0 Å². The van der Waals surface area contributed by atoms with E-state index in [-0.39, 0.29) is 10.8 Å². The molecule has 0 fully saturated rings. The Hall–Kier alpha value is -6.01. The summed E-state index contributed by atoms with van der Waals surface area (Å²) in [4.78, 5) is 48.0. The lowest BCUT2D eigenvalue weighted by Crippen LogP contribution is -2.12. The van der Waals surface area contributed by atoms with Gasteiger partial charge in [-0.05, 0) is 60.7 Å². The molecule has 2 amide bonds. The molecule has 1 aromatic heterocycles. The highest BCUT2D eigenvalue weighted by Gasteiger charge is 2.14. The summed E-state index contributed by atoms with van der Waals surface area (Å²) in [5, 5.41) is 25.0. The lowest BCUT2D eigenvalue weighted by Gasteiger charge is -2.07. The zero-order chi connectivity index (χ0) is 30.2. The molecule has 0 atom stereocenters. The first-order valence-corrected chi connectivity index (χ1v) is 13.5. The van der Waals surface area contributed by atoms with E-state index in [2.05, 4.69) is 20.8 Å². The fourth-order valence-electron chi connectivity index (χ4n) is 3.78. The number of ether oxygens (including phenoxy) is 1. The predicted octanol–water partition coefficient (Wildman–Crippen LogP) is 6.24. The lowest BCUT2D eigenvalue weighted by atomic mass is 10.1. The average molecular weight is 592 g/mol. The third-order valence-electron chi connectivity index (χ3n) is 5.93. The first-order chi connectivity index (χ1) is 20.9. The largest absolute Gasteiger partial charge is 0.422 e. The molecule has 4 aromatic carbocycles. The third kappa shape index (κ3) is 7.39. The van der Waals surface area contributed by atoms with Crippen LogP contribution in [0.1, 0.15) is 26.3 Å². The van der Waals surface area contributed by atoms with E-state index < -0.39 is 22.7 Å². The van der Waals surface area contributed by atoms with Gasteiger partial charge in [-0.15, -0.1) is 10.2 Å². The number of nitro benzene ring substituents is 1. The monoisotopic (exact) mass is 591 g/mol. The van der Waals surface area contributed by atoms with Crippen LogP contribution in [0, 0.1) is 10.1 Å². The molecule has 0 spiro atoms. The minimum absolute atomic E-state index is 0.0374. The van der Waals surface area contributed by atoms with E-state index in [0.717, 1.165) is 11.3 Å². The van der Waals surface area contributed by atoms with Crippen molar-refractivity contribution in [1.82, 2.24) is 10.2 Å². The van der Waals surface area contributed by atoms with Crippen LogP contribution in [0.15, 0.2) is 109 Å². The van der Waals surface area contributed by atoms with Crippen LogP contribution in [0.3, 0.4) is 0 Å². The Labute approximate surface area is 248 Å². The van der Waals surface area contributed by atoms with Crippen molar-refractivity contribution in [3.8, 4) is 16.3 Å². The van der Waals surface area contributed by atoms with Crippen LogP contribution < -0.4 is 15.4 Å². The van der Waals surface area contributed by atoms with Gasteiger partial charge in [-0.25, -0.2) is 4.79 Å². The Morgan fingerprint density at radius 2 is 1.49 bits per heavy atom. The number of anilines is 2. The number of hydrogen-bond acceptors (Lipinski definition) is 9. The van der Waals surface area contributed by atoms with Crippen LogP contribution in [-0.2, 0) is 4.79 Å². The first kappa shape index (κ1) is 28.5. The summed E-state index contributed by atoms with van der Waals surface area (Å²) in [6.45, 7) is 0. The molecule has 43 heavy (non-hydrogen) atoms. The van der Waals surface area contributed by atoms with Crippen molar-refractivity contribution in [3.63, 3.8) is 0 Å². The molecule has 11 nitrogen and oxygen atoms in total. The van der Waals surface area contributed by atoms with Gasteiger partial charge in [0.1, 0.15) is 10.8 Å². The molecular weight excluding hydrogens is 570 g/mol. The summed E-state index contributed by atoms with van der Waals surface area (Å²) in [5.74, 6) is -1.04. The van der Waals surface area contributed by atoms with E-state index >= 15 is 0 Å². The van der Waals surface area contributed by atoms with Gasteiger partial charge in [-0.1, -0.05) is 47.7 Å². The van der Waals surface area contributed by atoms with Gasteiger partial charge in [0, 0.05) is 40.6 Å². The molecule has 212 valence electrons. The van der Waals surface area contributed by atoms with Gasteiger partial charge < -0.3 is 10.1 Å². The Morgan fingerprint density at radius 3 is 2.21 bits per heavy atom. The summed E-state index contributed by atoms with van der Waals surface area (Å²) >= 11 is 1.13. The van der Waals surface area contributed by atoms with Gasteiger partial charge in [-0.2, -0.15) is 0 Å². The van der Waals surface area contributed by atoms with E-state index in [9.17, 15) is 24.5 Å². The summed E-state index contributed by atoms with van der Waals surface area (Å²) in [6, 6.07) is 27.6. The quantitative estimate of drug-likeness (QED) is 0.0672. The molecule has 0 unspecified atom stereocenters. The molecule has 5 rings (SSSR count). The van der Waals surface area contributed by atoms with Crippen LogP contribution in [0.4, 0.5) is 16.5 Å². The number of nitrogens with zero attached hydrogens (tertiary/aromatic N) is 3. The third-order valence-corrected chi connectivity index (χ3v) is 6.82. The zero-order valence-corrected chi connectivity index (χ0v) is 23.0. The summed E-state index contributed by atoms with van der Waals surface area (Å²) < 4.78 is 5.51. The van der Waals surface area contributed by atoms with E-state index in [4.69, 9.17) is 4.74 Å². The van der Waals surface area contributed by atoms with Crippen molar-refractivity contribution in [3.05, 3.63) is 136 Å². The number of hydrogen-bond donors (Lipinski definition) is 2. The lowest BCUT2D eigenvalue weighted by molar-refractivity contribution is -0.384. The number of nitro groups is 1. The standard InChI is InChI=1S/C31H21N5O6S/c37-27(19-14-20-6-4-5-9-26(20)42-30(39)23-7-2-1-3-8-23)32-24-15-10-21(11-16-24)28(38)33-31-35-34-29(43-31)22-12-17-25(18-13-22)36(40)41/h1-19H,(H,32,37)(H,33,35,38)/b19-14+. The van der Waals surface area contributed by atoms with E-state index in [0.29, 0.717) is 38.7 Å². The SMILES string of the molecule is O=C(/C=C/c1ccccc1OC(=O)c1ccccc1)Nc1ccc(C(=O)Nc2nnc(-c3ccc([N+](=O)[O-])cc3)s2)cc1.